The maximum absolute atomic E-state index is 6.01. The molecule has 4 heteroatoms. The summed E-state index contributed by atoms with van der Waals surface area (Å²) >= 11 is 0. The van der Waals surface area contributed by atoms with E-state index in [2.05, 4.69) is 153 Å². The summed E-state index contributed by atoms with van der Waals surface area (Å²) in [4.78, 5) is 4.74. The fraction of sp³-hybridized carbons (Fsp3) is 0.358. The first kappa shape index (κ1) is 41.1. The number of likely N-dealkylation sites (N-methyl/N-ethyl adjacent to an activating group) is 1. The zero-order chi connectivity index (χ0) is 40.0. The summed E-state index contributed by atoms with van der Waals surface area (Å²) in [5.41, 5.74) is 12.2. The summed E-state index contributed by atoms with van der Waals surface area (Å²) in [5.74, 6) is 15.7. The number of rotatable bonds is 17. The second-order valence-corrected chi connectivity index (χ2v) is 15.1. The first-order valence-electron chi connectivity index (χ1n) is 21.3. The molecule has 6 rings (SSSR count). The van der Waals surface area contributed by atoms with E-state index in [1.54, 1.807) is 7.11 Å². The van der Waals surface area contributed by atoms with Crippen LogP contribution in [0.5, 0.6) is 11.5 Å². The van der Waals surface area contributed by atoms with Crippen LogP contribution < -0.4 is 19.3 Å². The minimum Gasteiger partial charge on any atom is -0.497 e. The lowest BCUT2D eigenvalue weighted by molar-refractivity contribution is 0.323. The van der Waals surface area contributed by atoms with Crippen molar-refractivity contribution < 1.29 is 9.47 Å². The Hall–Kier alpha value is -5.58. The van der Waals surface area contributed by atoms with Crippen molar-refractivity contribution in [1.29, 1.82) is 0 Å². The van der Waals surface area contributed by atoms with Gasteiger partial charge in [0.1, 0.15) is 18.1 Å². The molecule has 294 valence electrons. The fourth-order valence-electron chi connectivity index (χ4n) is 8.23. The molecule has 1 aliphatic carbocycles. The maximum atomic E-state index is 6.01. The molecule has 0 aromatic heterocycles. The molecular formula is C53H60N2O2. The van der Waals surface area contributed by atoms with Crippen LogP contribution in [0.3, 0.4) is 0 Å². The van der Waals surface area contributed by atoms with Gasteiger partial charge < -0.3 is 19.3 Å². The molecule has 57 heavy (non-hydrogen) atoms. The van der Waals surface area contributed by atoms with E-state index in [0.29, 0.717) is 6.61 Å². The average molecular weight is 757 g/mol. The Kier molecular flexibility index (Phi) is 14.4. The SMILES string of the molecule is CCCCC1(CCCC)c2cc(C#Cc3ccc(N(CC)CCC)cc3)ccc2-c2ccc(C#Cc3ccc(N(CC)CCOc4ccc(OC)cc4)cc3)cc21. The van der Waals surface area contributed by atoms with Gasteiger partial charge in [0.05, 0.1) is 13.7 Å². The molecule has 0 aliphatic heterocycles. The highest BCUT2D eigenvalue weighted by Crippen LogP contribution is 2.54. The number of anilines is 2. The van der Waals surface area contributed by atoms with Gasteiger partial charge in [-0.1, -0.05) is 82.3 Å². The molecule has 5 aromatic rings. The van der Waals surface area contributed by atoms with E-state index in [1.807, 2.05) is 24.3 Å². The Labute approximate surface area is 343 Å². The number of unbranched alkanes of at least 4 members (excludes halogenated alkanes) is 2. The third kappa shape index (κ3) is 9.87. The largest absolute Gasteiger partial charge is 0.497 e. The zero-order valence-corrected chi connectivity index (χ0v) is 35.1. The van der Waals surface area contributed by atoms with Gasteiger partial charge in [0, 0.05) is 58.7 Å². The van der Waals surface area contributed by atoms with Crippen molar-refractivity contribution in [3.63, 3.8) is 0 Å². The second kappa shape index (κ2) is 20.0. The fourth-order valence-corrected chi connectivity index (χ4v) is 8.23. The Bertz CT molecular complexity index is 2170. The Balaban J connectivity index is 1.22. The molecule has 0 heterocycles. The van der Waals surface area contributed by atoms with Gasteiger partial charge in [-0.2, -0.15) is 0 Å². The van der Waals surface area contributed by atoms with Gasteiger partial charge in [-0.3, -0.25) is 0 Å². The predicted octanol–water partition coefficient (Wildman–Crippen LogP) is 12.3. The summed E-state index contributed by atoms with van der Waals surface area (Å²) in [6.07, 6.45) is 8.10. The molecule has 0 fully saturated rings. The normalized spacial score (nSPS) is 12.0. The topological polar surface area (TPSA) is 24.9 Å². The average Bonchev–Trinajstić information content (AvgIpc) is 3.52. The number of benzene rings is 5. The minimum absolute atomic E-state index is 0.0427. The van der Waals surface area contributed by atoms with Crippen molar-refractivity contribution in [2.75, 3.05) is 49.7 Å². The summed E-state index contributed by atoms with van der Waals surface area (Å²) in [7, 11) is 1.67. The number of fused-ring (bicyclic) bond motifs is 3. The summed E-state index contributed by atoms with van der Waals surface area (Å²) in [6.45, 7) is 15.6. The summed E-state index contributed by atoms with van der Waals surface area (Å²) in [5, 5.41) is 0. The van der Waals surface area contributed by atoms with E-state index in [0.717, 1.165) is 79.2 Å². The van der Waals surface area contributed by atoms with Crippen LogP contribution in [-0.4, -0.2) is 39.9 Å². The van der Waals surface area contributed by atoms with Gasteiger partial charge in [-0.15, -0.1) is 0 Å². The van der Waals surface area contributed by atoms with E-state index < -0.39 is 0 Å². The van der Waals surface area contributed by atoms with Gasteiger partial charge in [-0.05, 0) is 152 Å². The lowest BCUT2D eigenvalue weighted by atomic mass is 9.70. The molecule has 0 N–H and O–H groups in total. The number of nitrogens with zero attached hydrogens (tertiary/aromatic N) is 2. The van der Waals surface area contributed by atoms with Crippen LogP contribution in [0.1, 0.15) is 113 Å². The smallest absolute Gasteiger partial charge is 0.119 e. The molecule has 0 unspecified atom stereocenters. The minimum atomic E-state index is -0.0427. The van der Waals surface area contributed by atoms with Crippen LogP contribution in [0, 0.1) is 23.7 Å². The molecule has 1 aliphatic rings. The predicted molar refractivity (Wildman–Crippen MR) is 241 cm³/mol. The summed E-state index contributed by atoms with van der Waals surface area (Å²) in [6, 6.07) is 38.9. The Morgan fingerprint density at radius 3 is 1.37 bits per heavy atom. The van der Waals surface area contributed by atoms with Crippen LogP contribution in [-0.2, 0) is 5.41 Å². The van der Waals surface area contributed by atoms with Gasteiger partial charge in [0.2, 0.25) is 0 Å². The molecular weight excluding hydrogens is 697 g/mol. The lowest BCUT2D eigenvalue weighted by Crippen LogP contribution is -2.28. The quantitative estimate of drug-likeness (QED) is 0.0882. The molecule has 0 saturated heterocycles. The molecule has 0 atom stereocenters. The second-order valence-electron chi connectivity index (χ2n) is 15.1. The van der Waals surface area contributed by atoms with Crippen LogP contribution >= 0.6 is 0 Å². The highest BCUT2D eigenvalue weighted by atomic mass is 16.5. The maximum Gasteiger partial charge on any atom is 0.119 e. The van der Waals surface area contributed by atoms with Gasteiger partial charge in [0.25, 0.3) is 0 Å². The van der Waals surface area contributed by atoms with Crippen molar-refractivity contribution in [1.82, 2.24) is 0 Å². The molecule has 0 radical (unpaired) electrons. The van der Waals surface area contributed by atoms with Crippen LogP contribution in [0.25, 0.3) is 11.1 Å². The van der Waals surface area contributed by atoms with Gasteiger partial charge in [0.15, 0.2) is 0 Å². The van der Waals surface area contributed by atoms with Crippen molar-refractivity contribution in [2.45, 2.75) is 85.0 Å². The number of hydrogen-bond acceptors (Lipinski definition) is 4. The third-order valence-electron chi connectivity index (χ3n) is 11.4. The van der Waals surface area contributed by atoms with Crippen molar-refractivity contribution >= 4 is 11.4 Å². The first-order valence-corrected chi connectivity index (χ1v) is 21.3. The van der Waals surface area contributed by atoms with Crippen molar-refractivity contribution in [2.24, 2.45) is 0 Å². The lowest BCUT2D eigenvalue weighted by Gasteiger charge is -2.33. The molecule has 0 bridgehead atoms. The molecule has 4 nitrogen and oxygen atoms in total. The monoisotopic (exact) mass is 756 g/mol. The van der Waals surface area contributed by atoms with E-state index in [-0.39, 0.29) is 5.41 Å². The van der Waals surface area contributed by atoms with Gasteiger partial charge in [-0.25, -0.2) is 0 Å². The Morgan fingerprint density at radius 1 is 0.491 bits per heavy atom. The standard InChI is InChI=1S/C53H60N2O2/c1-7-12-34-53(35-13-8-2)51-39-43(16-14-41-18-24-45(25-19-41)54(10-4)36-9-3)22-32-49(51)50-33-23-44(40-52(50)53)17-15-42-20-26-46(27-21-42)55(11-5)37-38-57-48-30-28-47(56-6)29-31-48/h18-33,39-40H,7-13,34-38H2,1-6H3. The van der Waals surface area contributed by atoms with Crippen LogP contribution in [0.4, 0.5) is 11.4 Å². The van der Waals surface area contributed by atoms with E-state index in [4.69, 9.17) is 9.47 Å². The number of ether oxygens (including phenoxy) is 2. The highest BCUT2D eigenvalue weighted by Gasteiger charge is 2.42. The number of hydrogen-bond donors (Lipinski definition) is 0. The molecule has 5 aromatic carbocycles. The van der Waals surface area contributed by atoms with Crippen LogP contribution in [0.15, 0.2) is 109 Å². The molecule has 0 saturated carbocycles. The Morgan fingerprint density at radius 2 is 0.930 bits per heavy atom. The van der Waals surface area contributed by atoms with Crippen LogP contribution in [0.2, 0.25) is 0 Å². The van der Waals surface area contributed by atoms with Crippen molar-refractivity contribution in [3.8, 4) is 46.3 Å². The number of methoxy groups -OCH3 is 1. The van der Waals surface area contributed by atoms with E-state index >= 15 is 0 Å². The van der Waals surface area contributed by atoms with Gasteiger partial charge >= 0.3 is 0 Å². The highest BCUT2D eigenvalue weighted by molar-refractivity contribution is 5.82. The van der Waals surface area contributed by atoms with E-state index in [9.17, 15) is 0 Å². The van der Waals surface area contributed by atoms with E-state index in [1.165, 1.54) is 59.3 Å². The third-order valence-corrected chi connectivity index (χ3v) is 11.4. The summed E-state index contributed by atoms with van der Waals surface area (Å²) < 4.78 is 11.3. The zero-order valence-electron chi connectivity index (χ0n) is 35.1. The van der Waals surface area contributed by atoms with Crippen molar-refractivity contribution in [3.05, 3.63) is 143 Å². The molecule has 0 spiro atoms. The molecule has 0 amide bonds. The first-order chi connectivity index (χ1) is 27.9.